The highest BCUT2D eigenvalue weighted by Gasteiger charge is 2.30. The molecule has 2 rings (SSSR count). The maximum absolute atomic E-state index is 12.3. The van der Waals surface area contributed by atoms with Gasteiger partial charge in [-0.2, -0.15) is 0 Å². The highest BCUT2D eigenvalue weighted by Crippen LogP contribution is 2.18. The van der Waals surface area contributed by atoms with Gasteiger partial charge in [-0.1, -0.05) is 11.8 Å². The number of likely N-dealkylation sites (tertiary alicyclic amines) is 1. The van der Waals surface area contributed by atoms with Crippen LogP contribution in [0.4, 0.5) is 0 Å². The van der Waals surface area contributed by atoms with E-state index in [4.69, 9.17) is 10.5 Å². The minimum Gasteiger partial charge on any atom is -0.456 e. The van der Waals surface area contributed by atoms with Crippen LogP contribution in [0.3, 0.4) is 0 Å². The molecule has 0 aromatic carbocycles. The third kappa shape index (κ3) is 5.66. The topological polar surface area (TPSA) is 115 Å². The predicted molar refractivity (Wildman–Crippen MR) is 101 cm³/mol. The molecule has 1 fully saturated rings. The van der Waals surface area contributed by atoms with E-state index >= 15 is 0 Å². The lowest BCUT2D eigenvalue weighted by molar-refractivity contribution is -0.154. The average molecular weight is 394 g/mol. The number of aromatic nitrogens is 2. The summed E-state index contributed by atoms with van der Waals surface area (Å²) >= 11 is 1.47. The molecule has 9 heteroatoms. The molecule has 0 aliphatic carbocycles. The Morgan fingerprint density at radius 3 is 2.48 bits per heavy atom. The van der Waals surface area contributed by atoms with Crippen LogP contribution < -0.4 is 5.73 Å². The number of hydrogen-bond donors (Lipinski definition) is 1. The zero-order valence-corrected chi connectivity index (χ0v) is 16.8. The van der Waals surface area contributed by atoms with Crippen molar-refractivity contribution in [1.29, 1.82) is 0 Å². The zero-order valence-electron chi connectivity index (χ0n) is 16.0. The van der Waals surface area contributed by atoms with Gasteiger partial charge in [0.25, 0.3) is 5.91 Å². The normalized spacial score (nSPS) is 16.9. The van der Waals surface area contributed by atoms with Gasteiger partial charge in [0.1, 0.15) is 6.04 Å². The van der Waals surface area contributed by atoms with Crippen LogP contribution in [0.2, 0.25) is 0 Å². The molecule has 0 bridgehead atoms. The van der Waals surface area contributed by atoms with Gasteiger partial charge in [-0.05, 0) is 51.3 Å². The number of nitrogens with two attached hydrogens (primary N) is 1. The summed E-state index contributed by atoms with van der Waals surface area (Å²) in [6, 6.07) is -0.609. The number of amides is 2. The number of carbonyl (C=O) groups is 3. The first-order valence-corrected chi connectivity index (χ1v) is 10.2. The number of ether oxygens (including phenoxy) is 1. The quantitative estimate of drug-likeness (QED) is 0.419. The first-order chi connectivity index (χ1) is 12.8. The standard InChI is InChI=1S/C18H26N4O4S/c1-11-13(12(2)21-18(20-11)27-3)7-8-16(24)26-10-15(23)22-9-5-4-6-14(22)17(19)25/h14H,4-10H2,1-3H3,(H2,19,25)/t14-/m0/s1. The Balaban J connectivity index is 1.86. The number of hydrogen-bond acceptors (Lipinski definition) is 7. The summed E-state index contributed by atoms with van der Waals surface area (Å²) < 4.78 is 5.10. The van der Waals surface area contributed by atoms with Crippen molar-refractivity contribution >= 4 is 29.5 Å². The van der Waals surface area contributed by atoms with Gasteiger partial charge < -0.3 is 15.4 Å². The summed E-state index contributed by atoms with van der Waals surface area (Å²) in [7, 11) is 0. The SMILES string of the molecule is CSc1nc(C)c(CCC(=O)OCC(=O)N2CCCC[C@H]2C(N)=O)c(C)n1. The fraction of sp³-hybridized carbons (Fsp3) is 0.611. The molecule has 1 aromatic rings. The smallest absolute Gasteiger partial charge is 0.306 e. The van der Waals surface area contributed by atoms with Gasteiger partial charge in [-0.15, -0.1) is 0 Å². The molecule has 1 aliphatic heterocycles. The summed E-state index contributed by atoms with van der Waals surface area (Å²) in [5.74, 6) is -1.37. The average Bonchev–Trinajstić information content (AvgIpc) is 2.65. The van der Waals surface area contributed by atoms with Crippen LogP contribution in [0.25, 0.3) is 0 Å². The molecule has 0 spiro atoms. The van der Waals surface area contributed by atoms with Crippen LogP contribution in [0.15, 0.2) is 5.16 Å². The van der Waals surface area contributed by atoms with E-state index in [0.29, 0.717) is 24.5 Å². The number of esters is 1. The third-order valence-electron chi connectivity index (χ3n) is 4.67. The maximum atomic E-state index is 12.3. The number of carbonyl (C=O) groups excluding carboxylic acids is 3. The van der Waals surface area contributed by atoms with E-state index in [-0.39, 0.29) is 18.9 Å². The second-order valence-corrected chi connectivity index (χ2v) is 7.29. The maximum Gasteiger partial charge on any atom is 0.306 e. The molecular weight excluding hydrogens is 368 g/mol. The number of thioether (sulfide) groups is 1. The Morgan fingerprint density at radius 2 is 1.89 bits per heavy atom. The van der Waals surface area contributed by atoms with Crippen molar-refractivity contribution < 1.29 is 19.1 Å². The van der Waals surface area contributed by atoms with E-state index in [1.807, 2.05) is 20.1 Å². The minimum absolute atomic E-state index is 0.135. The predicted octanol–water partition coefficient (Wildman–Crippen LogP) is 1.16. The van der Waals surface area contributed by atoms with Crippen molar-refractivity contribution in [3.05, 3.63) is 17.0 Å². The van der Waals surface area contributed by atoms with Crippen molar-refractivity contribution in [1.82, 2.24) is 14.9 Å². The lowest BCUT2D eigenvalue weighted by atomic mass is 10.0. The molecule has 1 aliphatic rings. The second-order valence-electron chi connectivity index (χ2n) is 6.52. The molecule has 2 heterocycles. The van der Waals surface area contributed by atoms with Gasteiger partial charge in [0.05, 0.1) is 0 Å². The lowest BCUT2D eigenvalue weighted by Crippen LogP contribution is -2.51. The molecule has 27 heavy (non-hydrogen) atoms. The molecule has 0 radical (unpaired) electrons. The molecule has 1 aromatic heterocycles. The Bertz CT molecular complexity index is 702. The van der Waals surface area contributed by atoms with Crippen LogP contribution in [0.5, 0.6) is 0 Å². The highest BCUT2D eigenvalue weighted by atomic mass is 32.2. The van der Waals surface area contributed by atoms with E-state index in [1.165, 1.54) is 16.7 Å². The van der Waals surface area contributed by atoms with Gasteiger partial charge in [0.15, 0.2) is 11.8 Å². The number of aryl methyl sites for hydroxylation is 2. The fourth-order valence-corrected chi connectivity index (χ4v) is 3.67. The van der Waals surface area contributed by atoms with E-state index in [1.54, 1.807) is 0 Å². The van der Waals surface area contributed by atoms with Crippen LogP contribution >= 0.6 is 11.8 Å². The summed E-state index contributed by atoms with van der Waals surface area (Å²) in [6.07, 6.45) is 4.72. The summed E-state index contributed by atoms with van der Waals surface area (Å²) in [5.41, 5.74) is 7.96. The molecule has 148 valence electrons. The third-order valence-corrected chi connectivity index (χ3v) is 5.22. The van der Waals surface area contributed by atoms with Crippen LogP contribution in [0, 0.1) is 13.8 Å². The first-order valence-electron chi connectivity index (χ1n) is 8.96. The molecule has 1 saturated heterocycles. The molecule has 0 saturated carbocycles. The number of primary amides is 1. The zero-order chi connectivity index (χ0) is 20.0. The van der Waals surface area contributed by atoms with Crippen molar-refractivity contribution in [3.63, 3.8) is 0 Å². The molecule has 0 unspecified atom stereocenters. The van der Waals surface area contributed by atoms with Crippen molar-refractivity contribution in [2.45, 2.75) is 57.1 Å². The Labute approximate surface area is 163 Å². The number of piperidine rings is 1. The Hall–Kier alpha value is -2.16. The summed E-state index contributed by atoms with van der Waals surface area (Å²) in [4.78, 5) is 46.0. The Morgan fingerprint density at radius 1 is 1.22 bits per heavy atom. The van der Waals surface area contributed by atoms with Crippen LogP contribution in [-0.2, 0) is 25.5 Å². The number of rotatable bonds is 7. The fourth-order valence-electron chi connectivity index (χ4n) is 3.21. The summed E-state index contributed by atoms with van der Waals surface area (Å²) in [6.45, 7) is 3.86. The largest absolute Gasteiger partial charge is 0.456 e. The van der Waals surface area contributed by atoms with Gasteiger partial charge in [0, 0.05) is 24.4 Å². The Kier molecular flexibility index (Phi) is 7.58. The molecule has 8 nitrogen and oxygen atoms in total. The van der Waals surface area contributed by atoms with Gasteiger partial charge in [-0.3, -0.25) is 14.4 Å². The van der Waals surface area contributed by atoms with Gasteiger partial charge in [0.2, 0.25) is 5.91 Å². The van der Waals surface area contributed by atoms with Crippen molar-refractivity contribution in [3.8, 4) is 0 Å². The van der Waals surface area contributed by atoms with Crippen molar-refractivity contribution in [2.24, 2.45) is 5.73 Å². The molecule has 1 atom stereocenters. The highest BCUT2D eigenvalue weighted by molar-refractivity contribution is 7.98. The minimum atomic E-state index is -0.609. The second kappa shape index (κ2) is 9.68. The van der Waals surface area contributed by atoms with E-state index in [0.717, 1.165) is 29.8 Å². The van der Waals surface area contributed by atoms with Gasteiger partial charge >= 0.3 is 5.97 Å². The van der Waals surface area contributed by atoms with Crippen LogP contribution in [-0.4, -0.2) is 58.1 Å². The molecule has 2 N–H and O–H groups in total. The molecule has 2 amide bonds. The van der Waals surface area contributed by atoms with Gasteiger partial charge in [-0.25, -0.2) is 9.97 Å². The van der Waals surface area contributed by atoms with Crippen molar-refractivity contribution in [2.75, 3.05) is 19.4 Å². The van der Waals surface area contributed by atoms with E-state index in [9.17, 15) is 14.4 Å². The van der Waals surface area contributed by atoms with E-state index < -0.39 is 17.9 Å². The molecular formula is C18H26N4O4S. The van der Waals surface area contributed by atoms with Crippen LogP contribution in [0.1, 0.15) is 42.6 Å². The lowest BCUT2D eigenvalue weighted by Gasteiger charge is -2.33. The summed E-state index contributed by atoms with van der Waals surface area (Å²) in [5, 5.41) is 0.701. The number of nitrogens with zero attached hydrogens (tertiary/aromatic N) is 3. The van der Waals surface area contributed by atoms with E-state index in [2.05, 4.69) is 9.97 Å². The first kappa shape index (κ1) is 21.1. The monoisotopic (exact) mass is 394 g/mol.